The average molecular weight is 422 g/mol. The van der Waals surface area contributed by atoms with Crippen molar-refractivity contribution in [2.75, 3.05) is 7.11 Å². The molecule has 1 aliphatic heterocycles. The number of carbonyl (C=O) groups is 2. The van der Waals surface area contributed by atoms with Crippen molar-refractivity contribution in [1.29, 1.82) is 0 Å². The molecule has 0 radical (unpaired) electrons. The standard InChI is InChI=1S/C23H19FN2O5/c1-13-6-8-18(31-13)20-19(21(27)16-11-14(24)7-9-17(16)30-2)22(28)23(29)26(20)12-15-5-3-4-10-25-15/h3-11,20,27H,12H2,1-2H3/b21-19+. The quantitative estimate of drug-likeness (QED) is 0.382. The number of Topliss-reactive ketones (excluding diaryl/α,β-unsaturated/α-hetero) is 1. The molecule has 2 aromatic heterocycles. The SMILES string of the molecule is COc1ccc(F)cc1/C(O)=C1\C(=O)C(=O)N(Cc2ccccn2)C1c1ccc(C)o1. The second kappa shape index (κ2) is 8.06. The van der Waals surface area contributed by atoms with E-state index in [1.54, 1.807) is 43.5 Å². The van der Waals surface area contributed by atoms with Crippen LogP contribution in [0.1, 0.15) is 28.8 Å². The van der Waals surface area contributed by atoms with Crippen LogP contribution in [0.25, 0.3) is 5.76 Å². The minimum absolute atomic E-state index is 0.0207. The van der Waals surface area contributed by atoms with Crippen molar-refractivity contribution < 1.29 is 28.2 Å². The number of furan rings is 1. The second-order valence-corrected chi connectivity index (χ2v) is 7.04. The highest BCUT2D eigenvalue weighted by molar-refractivity contribution is 6.46. The summed E-state index contributed by atoms with van der Waals surface area (Å²) in [5, 5.41) is 11.0. The Balaban J connectivity index is 1.89. The zero-order valence-electron chi connectivity index (χ0n) is 16.8. The van der Waals surface area contributed by atoms with Crippen molar-refractivity contribution in [3.05, 3.63) is 88.9 Å². The number of carbonyl (C=O) groups excluding carboxylic acids is 2. The molecule has 4 rings (SSSR count). The van der Waals surface area contributed by atoms with Crippen molar-refractivity contribution in [1.82, 2.24) is 9.88 Å². The molecule has 1 saturated heterocycles. The molecular weight excluding hydrogens is 403 g/mol. The lowest BCUT2D eigenvalue weighted by Gasteiger charge is -2.23. The van der Waals surface area contributed by atoms with Gasteiger partial charge in [-0.2, -0.15) is 0 Å². The first-order chi connectivity index (χ1) is 14.9. The molecule has 0 aliphatic carbocycles. The van der Waals surface area contributed by atoms with Gasteiger partial charge in [-0.05, 0) is 49.4 Å². The Morgan fingerprint density at radius 2 is 2.03 bits per heavy atom. The van der Waals surface area contributed by atoms with Crippen molar-refractivity contribution >= 4 is 17.4 Å². The number of hydrogen-bond acceptors (Lipinski definition) is 6. The smallest absolute Gasteiger partial charge is 0.296 e. The number of nitrogens with zero attached hydrogens (tertiary/aromatic N) is 2. The molecule has 1 atom stereocenters. The van der Waals surface area contributed by atoms with E-state index in [1.165, 1.54) is 24.1 Å². The fourth-order valence-electron chi connectivity index (χ4n) is 3.62. The number of halogens is 1. The number of aryl methyl sites for hydroxylation is 1. The molecule has 3 heterocycles. The molecule has 7 nitrogen and oxygen atoms in total. The monoisotopic (exact) mass is 422 g/mol. The molecule has 8 heteroatoms. The van der Waals surface area contributed by atoms with E-state index in [9.17, 15) is 19.1 Å². The van der Waals surface area contributed by atoms with E-state index in [0.29, 0.717) is 17.2 Å². The van der Waals surface area contributed by atoms with Crippen LogP contribution in [0, 0.1) is 12.7 Å². The largest absolute Gasteiger partial charge is 0.507 e. The number of aliphatic hydroxyl groups excluding tert-OH is 1. The average Bonchev–Trinajstić information content (AvgIpc) is 3.30. The van der Waals surface area contributed by atoms with Crippen LogP contribution in [0.3, 0.4) is 0 Å². The van der Waals surface area contributed by atoms with Gasteiger partial charge in [-0.1, -0.05) is 6.07 Å². The molecule has 0 saturated carbocycles. The van der Waals surface area contributed by atoms with Gasteiger partial charge in [0.1, 0.15) is 34.9 Å². The Morgan fingerprint density at radius 3 is 2.68 bits per heavy atom. The fraction of sp³-hybridized carbons (Fsp3) is 0.174. The third-order valence-electron chi connectivity index (χ3n) is 5.05. The molecule has 1 aromatic carbocycles. The van der Waals surface area contributed by atoms with Crippen LogP contribution in [0.15, 0.2) is 64.7 Å². The highest BCUT2D eigenvalue weighted by Gasteiger charge is 2.48. The second-order valence-electron chi connectivity index (χ2n) is 7.04. The lowest BCUT2D eigenvalue weighted by molar-refractivity contribution is -0.140. The summed E-state index contributed by atoms with van der Waals surface area (Å²) in [7, 11) is 1.36. The van der Waals surface area contributed by atoms with E-state index in [4.69, 9.17) is 9.15 Å². The highest BCUT2D eigenvalue weighted by Crippen LogP contribution is 2.42. The van der Waals surface area contributed by atoms with Crippen molar-refractivity contribution in [3.63, 3.8) is 0 Å². The Labute approximate surface area is 177 Å². The number of ether oxygens (including phenoxy) is 1. The third-order valence-corrected chi connectivity index (χ3v) is 5.05. The van der Waals surface area contributed by atoms with Crippen LogP contribution >= 0.6 is 0 Å². The van der Waals surface area contributed by atoms with E-state index >= 15 is 0 Å². The van der Waals surface area contributed by atoms with Gasteiger partial charge in [0.15, 0.2) is 0 Å². The molecule has 1 aliphatic rings. The third kappa shape index (κ3) is 3.68. The number of amides is 1. The van der Waals surface area contributed by atoms with Crippen LogP contribution in [0.5, 0.6) is 5.75 Å². The van der Waals surface area contributed by atoms with Crippen LogP contribution in [-0.4, -0.2) is 33.8 Å². The summed E-state index contributed by atoms with van der Waals surface area (Å²) >= 11 is 0. The molecule has 0 bridgehead atoms. The van der Waals surface area contributed by atoms with Crippen LogP contribution in [0.4, 0.5) is 4.39 Å². The summed E-state index contributed by atoms with van der Waals surface area (Å²) < 4.78 is 24.8. The summed E-state index contributed by atoms with van der Waals surface area (Å²) in [6.07, 6.45) is 1.58. The highest BCUT2D eigenvalue weighted by atomic mass is 19.1. The Kier molecular flexibility index (Phi) is 5.29. The van der Waals surface area contributed by atoms with Crippen molar-refractivity contribution in [2.24, 2.45) is 0 Å². The molecule has 1 fully saturated rings. The van der Waals surface area contributed by atoms with Crippen molar-refractivity contribution in [3.8, 4) is 5.75 Å². The zero-order valence-corrected chi connectivity index (χ0v) is 16.8. The summed E-state index contributed by atoms with van der Waals surface area (Å²) in [4.78, 5) is 31.4. The number of hydrogen-bond donors (Lipinski definition) is 1. The molecule has 31 heavy (non-hydrogen) atoms. The van der Waals surface area contributed by atoms with E-state index in [1.807, 2.05) is 0 Å². The normalized spacial score (nSPS) is 17.9. The number of ketones is 1. The molecule has 1 N–H and O–H groups in total. The van der Waals surface area contributed by atoms with Gasteiger partial charge in [-0.25, -0.2) is 4.39 Å². The summed E-state index contributed by atoms with van der Waals surface area (Å²) in [6.45, 7) is 1.75. The lowest BCUT2D eigenvalue weighted by Crippen LogP contribution is -2.29. The minimum Gasteiger partial charge on any atom is -0.507 e. The lowest BCUT2D eigenvalue weighted by atomic mass is 9.98. The Morgan fingerprint density at radius 1 is 1.23 bits per heavy atom. The number of pyridine rings is 1. The van der Waals surface area contributed by atoms with Gasteiger partial charge in [0.2, 0.25) is 0 Å². The number of likely N-dealkylation sites (tertiary alicyclic amines) is 1. The summed E-state index contributed by atoms with van der Waals surface area (Å²) in [5.41, 5.74) is 0.312. The van der Waals surface area contributed by atoms with E-state index < -0.39 is 29.3 Å². The molecule has 3 aromatic rings. The van der Waals surface area contributed by atoms with Crippen molar-refractivity contribution in [2.45, 2.75) is 19.5 Å². The maximum absolute atomic E-state index is 13.9. The maximum Gasteiger partial charge on any atom is 0.296 e. The predicted octanol–water partition coefficient (Wildman–Crippen LogP) is 3.75. The molecule has 1 unspecified atom stereocenters. The number of benzene rings is 1. The van der Waals surface area contributed by atoms with Crippen LogP contribution in [0.2, 0.25) is 0 Å². The molecule has 0 spiro atoms. The van der Waals surface area contributed by atoms with Gasteiger partial charge in [-0.3, -0.25) is 14.6 Å². The maximum atomic E-state index is 13.9. The van der Waals surface area contributed by atoms with E-state index in [2.05, 4.69) is 4.98 Å². The minimum atomic E-state index is -1.01. The summed E-state index contributed by atoms with van der Waals surface area (Å²) in [5.74, 6) is -1.87. The zero-order chi connectivity index (χ0) is 22.1. The number of aliphatic hydroxyl groups is 1. The van der Waals surface area contributed by atoms with Gasteiger partial charge in [0.05, 0.1) is 30.5 Å². The van der Waals surface area contributed by atoms with Crippen LogP contribution < -0.4 is 4.74 Å². The van der Waals surface area contributed by atoms with Gasteiger partial charge >= 0.3 is 0 Å². The Hall–Kier alpha value is -3.94. The summed E-state index contributed by atoms with van der Waals surface area (Å²) in [6, 6.07) is 11.1. The van der Waals surface area contributed by atoms with E-state index in [-0.39, 0.29) is 23.4 Å². The van der Waals surface area contributed by atoms with Gasteiger partial charge in [0.25, 0.3) is 11.7 Å². The fourth-order valence-corrected chi connectivity index (χ4v) is 3.62. The molecule has 1 amide bonds. The Bertz CT molecular complexity index is 1190. The first-order valence-corrected chi connectivity index (χ1v) is 9.49. The number of methoxy groups -OCH3 is 1. The molecular formula is C23H19FN2O5. The van der Waals surface area contributed by atoms with Gasteiger partial charge in [-0.15, -0.1) is 0 Å². The van der Waals surface area contributed by atoms with Crippen LogP contribution in [-0.2, 0) is 16.1 Å². The van der Waals surface area contributed by atoms with Gasteiger partial charge in [0, 0.05) is 6.20 Å². The molecule has 158 valence electrons. The van der Waals surface area contributed by atoms with Gasteiger partial charge < -0.3 is 19.2 Å². The number of rotatable bonds is 5. The van der Waals surface area contributed by atoms with E-state index in [0.717, 1.165) is 6.07 Å². The first kappa shape index (κ1) is 20.3. The predicted molar refractivity (Wildman–Crippen MR) is 108 cm³/mol. The topological polar surface area (TPSA) is 92.9 Å². The number of aromatic nitrogens is 1. The first-order valence-electron chi connectivity index (χ1n) is 9.49.